The van der Waals surface area contributed by atoms with Crippen LogP contribution in [-0.2, 0) is 16.7 Å². The molecule has 2 aromatic heterocycles. The van der Waals surface area contributed by atoms with Crippen LogP contribution in [0.25, 0.3) is 16.7 Å². The van der Waals surface area contributed by atoms with Gasteiger partial charge in [0.05, 0.1) is 36.0 Å². The molecule has 7 rings (SSSR count). The lowest BCUT2D eigenvalue weighted by molar-refractivity contribution is 0.0777. The molecule has 1 amide bonds. The maximum absolute atomic E-state index is 14.3. The Labute approximate surface area is 304 Å². The monoisotopic (exact) mass is 708 g/mol. The van der Waals surface area contributed by atoms with E-state index in [2.05, 4.69) is 79.2 Å². The summed E-state index contributed by atoms with van der Waals surface area (Å²) in [6.45, 7) is 10.4. The number of ether oxygens (including phenoxy) is 2. The number of methoxy groups -OCH3 is 1. The Bertz CT molecular complexity index is 1930. The van der Waals surface area contributed by atoms with Crippen molar-refractivity contribution in [1.29, 1.82) is 0 Å². The van der Waals surface area contributed by atoms with Gasteiger partial charge in [-0.25, -0.2) is 4.98 Å². The van der Waals surface area contributed by atoms with Crippen LogP contribution in [0.15, 0.2) is 84.3 Å². The van der Waals surface area contributed by atoms with Crippen LogP contribution in [0.2, 0.25) is 0 Å². The van der Waals surface area contributed by atoms with Crippen LogP contribution >= 0.6 is 11.8 Å². The van der Waals surface area contributed by atoms with Gasteiger partial charge in [-0.3, -0.25) is 9.36 Å². The van der Waals surface area contributed by atoms with E-state index in [4.69, 9.17) is 14.5 Å². The smallest absolute Gasteiger partial charge is 0.257 e. The average molecular weight is 709 g/mol. The fourth-order valence-electron chi connectivity index (χ4n) is 7.74. The third-order valence-electron chi connectivity index (χ3n) is 10.5. The molecular weight excluding hydrogens is 661 g/mol. The predicted molar refractivity (Wildman–Crippen MR) is 202 cm³/mol. The fraction of sp³-hybridized carbons (Fsp3) is 0.436. The third-order valence-corrected chi connectivity index (χ3v) is 11.1. The molecule has 2 aliphatic rings. The Morgan fingerprint density at radius 1 is 0.961 bits per heavy atom. The Morgan fingerprint density at radius 2 is 1.80 bits per heavy atom. The molecule has 51 heavy (non-hydrogen) atoms. The first-order valence-corrected chi connectivity index (χ1v) is 19.2. The van der Waals surface area contributed by atoms with E-state index in [1.165, 1.54) is 17.3 Å². The van der Waals surface area contributed by atoms with Gasteiger partial charge in [0.25, 0.3) is 5.91 Å². The number of aromatic nitrogens is 5. The van der Waals surface area contributed by atoms with Crippen molar-refractivity contribution in [1.82, 2.24) is 34.1 Å². The summed E-state index contributed by atoms with van der Waals surface area (Å²) in [6, 6.07) is 24.9. The minimum absolute atomic E-state index is 0.0112. The number of hydrogen-bond acceptors (Lipinski definition) is 9. The van der Waals surface area contributed by atoms with Crippen molar-refractivity contribution in [2.75, 3.05) is 77.3 Å². The van der Waals surface area contributed by atoms with Gasteiger partial charge in [0.2, 0.25) is 5.95 Å². The number of thioether (sulfide) groups is 1. The largest absolute Gasteiger partial charge is 0.496 e. The van der Waals surface area contributed by atoms with Crippen molar-refractivity contribution in [2.24, 2.45) is 0 Å². The van der Waals surface area contributed by atoms with Crippen molar-refractivity contribution in [2.45, 2.75) is 43.3 Å². The molecule has 2 fully saturated rings. The molecule has 3 aromatic carbocycles. The van der Waals surface area contributed by atoms with E-state index in [9.17, 15) is 4.79 Å². The number of imidazole rings is 1. The van der Waals surface area contributed by atoms with E-state index < -0.39 is 0 Å². The van der Waals surface area contributed by atoms with Gasteiger partial charge in [0.1, 0.15) is 12.1 Å². The van der Waals surface area contributed by atoms with E-state index in [0.29, 0.717) is 37.6 Å². The van der Waals surface area contributed by atoms with E-state index in [-0.39, 0.29) is 11.3 Å². The minimum atomic E-state index is -0.138. The number of likely N-dealkylation sites (tertiary alicyclic amines) is 1. The molecular formula is C39H48N8O3S. The fourth-order valence-corrected chi connectivity index (χ4v) is 8.22. The molecule has 12 heteroatoms. The quantitative estimate of drug-likeness (QED) is 0.112. The topological polar surface area (TPSA) is 93.8 Å². The van der Waals surface area contributed by atoms with E-state index in [0.717, 1.165) is 86.4 Å². The highest BCUT2D eigenvalue weighted by molar-refractivity contribution is 7.98. The number of para-hydroxylation sites is 2. The SMILES string of the molecule is CCOCCn1c(N2CCCN(CC[C@]3(c4ccccc4)CCN(C(=O)c4cc(-n5cnnc5SC)ccc4OC)C3)CC2)nc2ccccc21. The second-order valence-electron chi connectivity index (χ2n) is 13.4. The molecule has 0 aliphatic carbocycles. The van der Waals surface area contributed by atoms with Gasteiger partial charge in [0, 0.05) is 51.3 Å². The molecule has 0 saturated carbocycles. The molecule has 11 nitrogen and oxygen atoms in total. The van der Waals surface area contributed by atoms with E-state index in [1.54, 1.807) is 13.4 Å². The van der Waals surface area contributed by atoms with Gasteiger partial charge in [-0.15, -0.1) is 10.2 Å². The van der Waals surface area contributed by atoms with Gasteiger partial charge < -0.3 is 28.7 Å². The molecule has 2 aliphatic heterocycles. The number of amides is 1. The lowest BCUT2D eigenvalue weighted by atomic mass is 9.76. The number of carbonyl (C=O) groups is 1. The lowest BCUT2D eigenvalue weighted by Crippen LogP contribution is -2.39. The highest BCUT2D eigenvalue weighted by Crippen LogP contribution is 2.39. The molecule has 4 heterocycles. The Kier molecular flexibility index (Phi) is 10.9. The van der Waals surface area contributed by atoms with Gasteiger partial charge in [0.15, 0.2) is 5.16 Å². The Morgan fingerprint density at radius 3 is 2.63 bits per heavy atom. The van der Waals surface area contributed by atoms with E-state index in [1.807, 2.05) is 40.8 Å². The van der Waals surface area contributed by atoms with Gasteiger partial charge in [-0.2, -0.15) is 0 Å². The number of fused-ring (bicyclic) bond motifs is 1. The molecule has 0 bridgehead atoms. The molecule has 268 valence electrons. The van der Waals surface area contributed by atoms with Gasteiger partial charge in [-0.05, 0) is 81.4 Å². The molecule has 0 unspecified atom stereocenters. The number of nitrogens with zero attached hydrogens (tertiary/aromatic N) is 8. The molecule has 0 radical (unpaired) electrons. The predicted octanol–water partition coefficient (Wildman–Crippen LogP) is 5.77. The summed E-state index contributed by atoms with van der Waals surface area (Å²) in [5.74, 6) is 1.60. The van der Waals surface area contributed by atoms with Gasteiger partial charge in [-0.1, -0.05) is 54.2 Å². The maximum atomic E-state index is 14.3. The second kappa shape index (κ2) is 15.9. The minimum Gasteiger partial charge on any atom is -0.496 e. The summed E-state index contributed by atoms with van der Waals surface area (Å²) in [5.41, 5.74) is 4.74. The van der Waals surface area contributed by atoms with Crippen molar-refractivity contribution >= 4 is 34.7 Å². The van der Waals surface area contributed by atoms with Gasteiger partial charge >= 0.3 is 0 Å². The lowest BCUT2D eigenvalue weighted by Gasteiger charge is -2.33. The second-order valence-corrected chi connectivity index (χ2v) is 14.2. The van der Waals surface area contributed by atoms with Crippen LogP contribution in [-0.4, -0.2) is 112 Å². The third kappa shape index (κ3) is 7.35. The first kappa shape index (κ1) is 35.0. The summed E-state index contributed by atoms with van der Waals surface area (Å²) in [5, 5.41) is 9.04. The summed E-state index contributed by atoms with van der Waals surface area (Å²) < 4.78 is 15.7. The maximum Gasteiger partial charge on any atom is 0.257 e. The number of anilines is 1. The van der Waals surface area contributed by atoms with Crippen molar-refractivity contribution < 1.29 is 14.3 Å². The highest BCUT2D eigenvalue weighted by Gasteiger charge is 2.42. The Hall–Kier alpha value is -4.39. The van der Waals surface area contributed by atoms with Crippen LogP contribution in [0.5, 0.6) is 5.75 Å². The van der Waals surface area contributed by atoms with Crippen LogP contribution in [0.1, 0.15) is 42.1 Å². The van der Waals surface area contributed by atoms with Crippen LogP contribution < -0.4 is 9.64 Å². The van der Waals surface area contributed by atoms with Crippen LogP contribution in [0, 0.1) is 0 Å². The average Bonchev–Trinajstić information content (AvgIpc) is 3.88. The highest BCUT2D eigenvalue weighted by atomic mass is 32.2. The summed E-state index contributed by atoms with van der Waals surface area (Å²) >= 11 is 1.51. The number of hydrogen-bond donors (Lipinski definition) is 0. The molecule has 1 atom stereocenters. The first-order valence-electron chi connectivity index (χ1n) is 18.0. The van der Waals surface area contributed by atoms with Crippen LogP contribution in [0.3, 0.4) is 0 Å². The van der Waals surface area contributed by atoms with Crippen molar-refractivity contribution in [3.8, 4) is 11.4 Å². The zero-order valence-corrected chi connectivity index (χ0v) is 30.7. The molecule has 0 spiro atoms. The van der Waals surface area contributed by atoms with Crippen molar-refractivity contribution in [3.05, 3.63) is 90.3 Å². The number of rotatable bonds is 13. The summed E-state index contributed by atoms with van der Waals surface area (Å²) in [4.78, 5) is 26.5. The normalized spacial score (nSPS) is 18.4. The van der Waals surface area contributed by atoms with Crippen molar-refractivity contribution in [3.63, 3.8) is 0 Å². The molecule has 0 N–H and O–H groups in total. The molecule has 2 saturated heterocycles. The standard InChI is InChI=1S/C39H48N8O3S/c1-4-50-26-25-46-34-14-9-8-13-33(34)41-37(46)44-20-10-19-43(23-24-44)21-17-39(30-11-6-5-7-12-30)18-22-45(28-39)36(48)32-27-31(15-16-35(32)49-2)47-29-40-42-38(47)51-3/h5-9,11-16,27,29H,4,10,17-26,28H2,1-3H3/t39-/m0/s1. The first-order chi connectivity index (χ1) is 25.0. The number of carbonyl (C=O) groups excluding carboxylic acids is 1. The van der Waals surface area contributed by atoms with E-state index >= 15 is 0 Å². The zero-order chi connectivity index (χ0) is 35.2. The zero-order valence-electron chi connectivity index (χ0n) is 29.9. The molecule has 5 aromatic rings. The van der Waals surface area contributed by atoms with Crippen LogP contribution in [0.4, 0.5) is 5.95 Å². The summed E-state index contributed by atoms with van der Waals surface area (Å²) in [6.07, 6.45) is 6.60. The summed E-state index contributed by atoms with van der Waals surface area (Å²) in [7, 11) is 1.62. The Balaban J connectivity index is 1.07. The number of benzene rings is 3.